The predicted molar refractivity (Wildman–Crippen MR) is 53.8 cm³/mol. The first-order valence-corrected chi connectivity index (χ1v) is 5.14. The van der Waals surface area contributed by atoms with E-state index in [0.717, 1.165) is 4.90 Å². The Morgan fingerprint density at radius 3 is 2.40 bits per heavy atom. The van der Waals surface area contributed by atoms with Gasteiger partial charge < -0.3 is 10.2 Å². The van der Waals surface area contributed by atoms with Gasteiger partial charge in [-0.2, -0.15) is 0 Å². The quantitative estimate of drug-likeness (QED) is 0.750. The number of rotatable bonds is 3. The number of carbonyl (C=O) groups is 2. The number of amides is 1. The normalized spacial score (nSPS) is 25.9. The highest BCUT2D eigenvalue weighted by atomic mass is 16.4. The summed E-state index contributed by atoms with van der Waals surface area (Å²) in [7, 11) is 0. The molecule has 1 saturated heterocycles. The minimum atomic E-state index is -1.19. The van der Waals surface area contributed by atoms with Gasteiger partial charge in [0.15, 0.2) is 0 Å². The van der Waals surface area contributed by atoms with Gasteiger partial charge in [-0.1, -0.05) is 13.8 Å². The van der Waals surface area contributed by atoms with Gasteiger partial charge in [-0.15, -0.1) is 0 Å². The zero-order chi connectivity index (χ0) is 11.6. The number of carboxylic acid groups (broad SMARTS) is 2. The molecule has 0 spiro atoms. The van der Waals surface area contributed by atoms with E-state index in [1.165, 1.54) is 0 Å². The highest BCUT2D eigenvalue weighted by Crippen LogP contribution is 2.35. The monoisotopic (exact) mass is 215 g/mol. The van der Waals surface area contributed by atoms with Crippen LogP contribution >= 0.6 is 0 Å². The van der Waals surface area contributed by atoms with Crippen molar-refractivity contribution in [2.45, 2.75) is 38.6 Å². The van der Waals surface area contributed by atoms with Crippen LogP contribution in [0, 0.1) is 5.92 Å². The first kappa shape index (κ1) is 11.8. The van der Waals surface area contributed by atoms with E-state index in [-0.39, 0.29) is 5.92 Å². The van der Waals surface area contributed by atoms with E-state index in [2.05, 4.69) is 0 Å². The van der Waals surface area contributed by atoms with Gasteiger partial charge in [0.05, 0.1) is 0 Å². The Kier molecular flexibility index (Phi) is 3.21. The lowest BCUT2D eigenvalue weighted by Crippen LogP contribution is -2.53. The first-order valence-electron chi connectivity index (χ1n) is 5.14. The number of carboxylic acids is 1. The van der Waals surface area contributed by atoms with E-state index in [9.17, 15) is 14.7 Å². The summed E-state index contributed by atoms with van der Waals surface area (Å²) in [6.45, 7) is 4.14. The van der Waals surface area contributed by atoms with Crippen molar-refractivity contribution in [1.82, 2.24) is 4.90 Å². The van der Waals surface area contributed by atoms with Crippen LogP contribution in [0.5, 0.6) is 0 Å². The van der Waals surface area contributed by atoms with E-state index in [1.54, 1.807) is 0 Å². The minimum absolute atomic E-state index is 0.168. The lowest BCUT2D eigenvalue weighted by molar-refractivity contribution is -0.149. The summed E-state index contributed by atoms with van der Waals surface area (Å²) in [5.41, 5.74) is -1.19. The van der Waals surface area contributed by atoms with Crippen molar-refractivity contribution >= 4 is 12.1 Å². The lowest BCUT2D eigenvalue weighted by atomic mass is 9.86. The van der Waals surface area contributed by atoms with Gasteiger partial charge >= 0.3 is 12.1 Å². The molecule has 1 aliphatic rings. The predicted octanol–water partition coefficient (Wildman–Crippen LogP) is 1.63. The third-order valence-electron chi connectivity index (χ3n) is 2.86. The summed E-state index contributed by atoms with van der Waals surface area (Å²) in [6.07, 6.45) is 0.308. The van der Waals surface area contributed by atoms with E-state index < -0.39 is 17.6 Å². The zero-order valence-corrected chi connectivity index (χ0v) is 9.06. The van der Waals surface area contributed by atoms with Crippen LogP contribution in [0.4, 0.5) is 4.79 Å². The second kappa shape index (κ2) is 4.08. The molecule has 0 bridgehead atoms. The van der Waals surface area contributed by atoms with Crippen molar-refractivity contribution in [3.05, 3.63) is 0 Å². The van der Waals surface area contributed by atoms with E-state index >= 15 is 0 Å². The zero-order valence-electron chi connectivity index (χ0n) is 9.06. The van der Waals surface area contributed by atoms with Crippen molar-refractivity contribution in [2.75, 3.05) is 6.54 Å². The van der Waals surface area contributed by atoms with E-state index in [1.807, 2.05) is 13.8 Å². The standard InChI is InChI=1S/C10H17NO4/c1-7(2)6-10(8(12)13)4-3-5-11(10)9(14)15/h7H,3-6H2,1-2H3,(H,12,13)(H,14,15). The molecule has 0 radical (unpaired) electrons. The summed E-state index contributed by atoms with van der Waals surface area (Å²) in [5, 5.41) is 18.2. The highest BCUT2D eigenvalue weighted by Gasteiger charge is 2.50. The number of nitrogens with zero attached hydrogens (tertiary/aromatic N) is 1. The SMILES string of the molecule is CC(C)CC1(C(=O)O)CCCN1C(=O)O. The maximum Gasteiger partial charge on any atom is 0.408 e. The molecule has 1 rings (SSSR count). The number of hydrogen-bond acceptors (Lipinski definition) is 2. The van der Waals surface area contributed by atoms with Crippen LogP contribution in [0.1, 0.15) is 33.1 Å². The van der Waals surface area contributed by atoms with Gasteiger partial charge in [0.25, 0.3) is 0 Å². The number of aliphatic carboxylic acids is 1. The molecule has 15 heavy (non-hydrogen) atoms. The summed E-state index contributed by atoms with van der Waals surface area (Å²) < 4.78 is 0. The van der Waals surface area contributed by atoms with Crippen LogP contribution in [-0.2, 0) is 4.79 Å². The van der Waals surface area contributed by atoms with Crippen LogP contribution in [0.3, 0.4) is 0 Å². The molecule has 1 fully saturated rings. The van der Waals surface area contributed by atoms with Crippen molar-refractivity contribution in [3.63, 3.8) is 0 Å². The Bertz CT molecular complexity index is 277. The maximum absolute atomic E-state index is 11.3. The fraction of sp³-hybridized carbons (Fsp3) is 0.800. The maximum atomic E-state index is 11.3. The van der Waals surface area contributed by atoms with Crippen LogP contribution in [0.15, 0.2) is 0 Å². The van der Waals surface area contributed by atoms with Gasteiger partial charge in [0.1, 0.15) is 5.54 Å². The summed E-state index contributed by atoms with van der Waals surface area (Å²) in [4.78, 5) is 23.3. The molecule has 0 aromatic heterocycles. The van der Waals surface area contributed by atoms with Crippen LogP contribution < -0.4 is 0 Å². The Labute approximate surface area is 88.7 Å². The van der Waals surface area contributed by atoms with E-state index in [0.29, 0.717) is 25.8 Å². The van der Waals surface area contributed by atoms with Gasteiger partial charge in [0.2, 0.25) is 0 Å². The summed E-state index contributed by atoms with van der Waals surface area (Å²) in [5.74, 6) is -0.850. The van der Waals surface area contributed by atoms with Crippen molar-refractivity contribution in [2.24, 2.45) is 5.92 Å². The Hall–Kier alpha value is -1.26. The van der Waals surface area contributed by atoms with Crippen LogP contribution in [-0.4, -0.2) is 39.3 Å². The molecule has 1 atom stereocenters. The molecule has 5 heteroatoms. The Morgan fingerprint density at radius 1 is 1.40 bits per heavy atom. The van der Waals surface area contributed by atoms with E-state index in [4.69, 9.17) is 5.11 Å². The number of hydrogen-bond donors (Lipinski definition) is 2. The fourth-order valence-corrected chi connectivity index (χ4v) is 2.35. The van der Waals surface area contributed by atoms with Gasteiger partial charge in [-0.05, 0) is 25.2 Å². The molecule has 1 aliphatic heterocycles. The molecule has 0 aliphatic carbocycles. The second-order valence-electron chi connectivity index (χ2n) is 4.47. The molecule has 2 N–H and O–H groups in total. The Morgan fingerprint density at radius 2 is 2.00 bits per heavy atom. The third kappa shape index (κ3) is 2.06. The minimum Gasteiger partial charge on any atom is -0.479 e. The van der Waals surface area contributed by atoms with Gasteiger partial charge in [-0.3, -0.25) is 4.90 Å². The fourth-order valence-electron chi connectivity index (χ4n) is 2.35. The van der Waals surface area contributed by atoms with Crippen molar-refractivity contribution in [3.8, 4) is 0 Å². The third-order valence-corrected chi connectivity index (χ3v) is 2.86. The molecular weight excluding hydrogens is 198 g/mol. The molecule has 1 amide bonds. The van der Waals surface area contributed by atoms with Crippen molar-refractivity contribution < 1.29 is 19.8 Å². The first-order chi connectivity index (χ1) is 6.90. The van der Waals surface area contributed by atoms with Crippen LogP contribution in [0.2, 0.25) is 0 Å². The average Bonchev–Trinajstić information content (AvgIpc) is 2.47. The van der Waals surface area contributed by atoms with Gasteiger partial charge in [0, 0.05) is 6.54 Å². The molecular formula is C10H17NO4. The average molecular weight is 215 g/mol. The Balaban J connectivity index is 2.98. The molecule has 86 valence electrons. The molecule has 0 aromatic carbocycles. The van der Waals surface area contributed by atoms with Crippen LogP contribution in [0.25, 0.3) is 0 Å². The summed E-state index contributed by atoms with van der Waals surface area (Å²) >= 11 is 0. The van der Waals surface area contributed by atoms with Gasteiger partial charge in [-0.25, -0.2) is 9.59 Å². The number of likely N-dealkylation sites (tertiary alicyclic amines) is 1. The molecule has 1 heterocycles. The molecule has 1 unspecified atom stereocenters. The largest absolute Gasteiger partial charge is 0.479 e. The summed E-state index contributed by atoms with van der Waals surface area (Å²) in [6, 6.07) is 0. The molecule has 0 saturated carbocycles. The molecule has 5 nitrogen and oxygen atoms in total. The topological polar surface area (TPSA) is 77.8 Å². The van der Waals surface area contributed by atoms with Crippen molar-refractivity contribution in [1.29, 1.82) is 0 Å². The second-order valence-corrected chi connectivity index (χ2v) is 4.47. The lowest BCUT2D eigenvalue weighted by Gasteiger charge is -2.34. The smallest absolute Gasteiger partial charge is 0.408 e. The highest BCUT2D eigenvalue weighted by molar-refractivity contribution is 5.84. The molecule has 0 aromatic rings.